The highest BCUT2D eigenvalue weighted by atomic mass is 16.6. The van der Waals surface area contributed by atoms with Crippen LogP contribution in [0.15, 0.2) is 30.3 Å². The van der Waals surface area contributed by atoms with Gasteiger partial charge in [0.1, 0.15) is 6.73 Å². The average Bonchev–Trinajstić information content (AvgIpc) is 2.80. The van der Waals surface area contributed by atoms with E-state index in [0.717, 1.165) is 12.1 Å². The number of rotatable bonds is 4. The summed E-state index contributed by atoms with van der Waals surface area (Å²) in [5, 5.41) is 0. The molecule has 1 saturated heterocycles. The molecule has 1 aromatic carbocycles. The Morgan fingerprint density at radius 3 is 2.80 bits per heavy atom. The zero-order chi connectivity index (χ0) is 10.5. The predicted octanol–water partition coefficient (Wildman–Crippen LogP) is 1.15. The summed E-state index contributed by atoms with van der Waals surface area (Å²) in [6.07, 6.45) is -0.328. The molecule has 1 unspecified atom stereocenters. The summed E-state index contributed by atoms with van der Waals surface area (Å²) >= 11 is 0. The molecular weight excluding hydrogens is 194 g/mol. The zero-order valence-corrected chi connectivity index (χ0v) is 8.33. The Kier molecular flexibility index (Phi) is 3.32. The Bertz CT molecular complexity index is 309. The summed E-state index contributed by atoms with van der Waals surface area (Å²) in [5.74, 6) is 0. The van der Waals surface area contributed by atoms with Gasteiger partial charge in [-0.15, -0.1) is 0 Å². The highest BCUT2D eigenvalue weighted by Crippen LogP contribution is 2.22. The van der Waals surface area contributed by atoms with Crippen molar-refractivity contribution in [2.45, 2.75) is 6.23 Å². The van der Waals surface area contributed by atoms with Gasteiger partial charge in [0.2, 0.25) is 0 Å². The Hall–Kier alpha value is -1.39. The van der Waals surface area contributed by atoms with Crippen LogP contribution in [-0.2, 0) is 14.3 Å². The van der Waals surface area contributed by atoms with Gasteiger partial charge in [-0.3, -0.25) is 4.79 Å². The maximum absolute atomic E-state index is 10.5. The molecule has 1 aliphatic heterocycles. The topological polar surface area (TPSA) is 38.8 Å². The van der Waals surface area contributed by atoms with Crippen LogP contribution in [0, 0.1) is 0 Å². The highest BCUT2D eigenvalue weighted by Gasteiger charge is 2.24. The van der Waals surface area contributed by atoms with Gasteiger partial charge in [-0.05, 0) is 0 Å². The second-order valence-electron chi connectivity index (χ2n) is 3.35. The lowest BCUT2D eigenvalue weighted by Gasteiger charge is -2.24. The Morgan fingerprint density at radius 1 is 1.40 bits per heavy atom. The molecule has 0 amide bonds. The van der Waals surface area contributed by atoms with Gasteiger partial charge >= 0.3 is 0 Å². The largest absolute Gasteiger partial charge is 0.444 e. The number of hydrogen-bond donors (Lipinski definition) is 0. The molecule has 2 rings (SSSR count). The van der Waals surface area contributed by atoms with Gasteiger partial charge in [0.15, 0.2) is 6.23 Å². The van der Waals surface area contributed by atoms with Crippen LogP contribution in [0.4, 0.5) is 0 Å². The fraction of sp³-hybridized carbons (Fsp3) is 0.364. The number of hydrogen-bond acceptors (Lipinski definition) is 4. The minimum Gasteiger partial charge on any atom is -0.444 e. The summed E-state index contributed by atoms with van der Waals surface area (Å²) in [5.41, 5.74) is 0.968. The minimum atomic E-state index is -0.328. The molecule has 1 heterocycles. The van der Waals surface area contributed by atoms with Gasteiger partial charge in [-0.25, -0.2) is 4.90 Å². The minimum absolute atomic E-state index is 0.328. The molecular formula is C11H13NO3. The number of benzene rings is 1. The maximum Gasteiger partial charge on any atom is 0.294 e. The quantitative estimate of drug-likeness (QED) is 0.694. The van der Waals surface area contributed by atoms with Crippen LogP contribution in [0.25, 0.3) is 0 Å². The molecule has 0 saturated carbocycles. The van der Waals surface area contributed by atoms with Gasteiger partial charge in [0.25, 0.3) is 6.47 Å². The van der Waals surface area contributed by atoms with Crippen molar-refractivity contribution in [3.05, 3.63) is 35.9 Å². The first-order chi connectivity index (χ1) is 7.42. The van der Waals surface area contributed by atoms with Crippen molar-refractivity contribution in [2.24, 2.45) is 0 Å². The van der Waals surface area contributed by atoms with Crippen LogP contribution in [0.1, 0.15) is 11.8 Å². The summed E-state index contributed by atoms with van der Waals surface area (Å²) in [4.78, 5) is 12.4. The third-order valence-corrected chi connectivity index (χ3v) is 2.38. The van der Waals surface area contributed by atoms with E-state index in [2.05, 4.69) is 0 Å². The number of ether oxygens (including phenoxy) is 2. The van der Waals surface area contributed by atoms with E-state index >= 15 is 0 Å². The second kappa shape index (κ2) is 4.91. The van der Waals surface area contributed by atoms with E-state index in [9.17, 15) is 4.79 Å². The van der Waals surface area contributed by atoms with Crippen LogP contribution in [0.5, 0.6) is 0 Å². The van der Waals surface area contributed by atoms with Crippen molar-refractivity contribution in [1.29, 1.82) is 0 Å². The van der Waals surface area contributed by atoms with Crippen molar-refractivity contribution >= 4 is 6.47 Å². The molecule has 0 aliphatic carbocycles. The van der Waals surface area contributed by atoms with E-state index in [1.807, 2.05) is 35.2 Å². The first-order valence-corrected chi connectivity index (χ1v) is 4.87. The third-order valence-electron chi connectivity index (χ3n) is 2.38. The van der Waals surface area contributed by atoms with Gasteiger partial charge in [-0.1, -0.05) is 30.3 Å². The molecule has 0 bridgehead atoms. The molecule has 0 N–H and O–H groups in total. The van der Waals surface area contributed by atoms with Gasteiger partial charge in [0.05, 0.1) is 6.61 Å². The zero-order valence-electron chi connectivity index (χ0n) is 8.33. The highest BCUT2D eigenvalue weighted by molar-refractivity contribution is 5.38. The lowest BCUT2D eigenvalue weighted by molar-refractivity contribution is -0.144. The molecule has 0 radical (unpaired) electrons. The molecule has 4 nitrogen and oxygen atoms in total. The maximum atomic E-state index is 10.5. The molecule has 1 aliphatic rings. The SMILES string of the molecule is O=COC(c1ccccc1)N1CCOC1. The van der Waals surface area contributed by atoms with E-state index in [4.69, 9.17) is 9.47 Å². The number of carbonyl (C=O) groups excluding carboxylic acids is 1. The van der Waals surface area contributed by atoms with E-state index in [-0.39, 0.29) is 6.23 Å². The van der Waals surface area contributed by atoms with Gasteiger partial charge < -0.3 is 9.47 Å². The van der Waals surface area contributed by atoms with E-state index in [1.54, 1.807) is 0 Å². The normalized spacial score (nSPS) is 18.7. The molecule has 1 aromatic rings. The van der Waals surface area contributed by atoms with Crippen molar-refractivity contribution < 1.29 is 14.3 Å². The average molecular weight is 207 g/mol. The van der Waals surface area contributed by atoms with E-state index in [1.165, 1.54) is 0 Å². The molecule has 4 heteroatoms. The van der Waals surface area contributed by atoms with Gasteiger partial charge in [-0.2, -0.15) is 0 Å². The Labute approximate surface area is 88.4 Å². The fourth-order valence-corrected chi connectivity index (χ4v) is 1.66. The summed E-state index contributed by atoms with van der Waals surface area (Å²) < 4.78 is 10.3. The second-order valence-corrected chi connectivity index (χ2v) is 3.35. The molecule has 1 atom stereocenters. The Morgan fingerprint density at radius 2 is 2.20 bits per heavy atom. The lowest BCUT2D eigenvalue weighted by atomic mass is 10.2. The molecule has 0 aromatic heterocycles. The summed E-state index contributed by atoms with van der Waals surface area (Å²) in [6, 6.07) is 9.65. The third kappa shape index (κ3) is 2.34. The molecule has 1 fully saturated rings. The van der Waals surface area contributed by atoms with Crippen LogP contribution in [0.2, 0.25) is 0 Å². The van der Waals surface area contributed by atoms with Gasteiger partial charge in [0, 0.05) is 12.1 Å². The van der Waals surface area contributed by atoms with Crippen molar-refractivity contribution in [1.82, 2.24) is 4.90 Å². The molecule has 80 valence electrons. The summed E-state index contributed by atoms with van der Waals surface area (Å²) in [6.45, 7) is 2.46. The summed E-state index contributed by atoms with van der Waals surface area (Å²) in [7, 11) is 0. The Balaban J connectivity index is 2.15. The van der Waals surface area contributed by atoms with Crippen LogP contribution >= 0.6 is 0 Å². The van der Waals surface area contributed by atoms with Crippen LogP contribution < -0.4 is 0 Å². The predicted molar refractivity (Wildman–Crippen MR) is 53.9 cm³/mol. The van der Waals surface area contributed by atoms with Crippen molar-refractivity contribution in [3.8, 4) is 0 Å². The first kappa shape index (κ1) is 10.1. The molecule has 0 spiro atoms. The van der Waals surface area contributed by atoms with E-state index < -0.39 is 0 Å². The van der Waals surface area contributed by atoms with E-state index in [0.29, 0.717) is 19.8 Å². The lowest BCUT2D eigenvalue weighted by Crippen LogP contribution is -2.28. The molecule has 15 heavy (non-hydrogen) atoms. The fourth-order valence-electron chi connectivity index (χ4n) is 1.66. The first-order valence-electron chi connectivity index (χ1n) is 4.87. The van der Waals surface area contributed by atoms with Crippen molar-refractivity contribution in [2.75, 3.05) is 19.9 Å². The monoisotopic (exact) mass is 207 g/mol. The number of carbonyl (C=O) groups is 1. The number of nitrogens with zero attached hydrogens (tertiary/aromatic N) is 1. The van der Waals surface area contributed by atoms with Crippen molar-refractivity contribution in [3.63, 3.8) is 0 Å². The standard InChI is InChI=1S/C11H13NO3/c13-9-15-11(12-6-7-14-8-12)10-4-2-1-3-5-10/h1-5,9,11H,6-8H2. The smallest absolute Gasteiger partial charge is 0.294 e. The van der Waals surface area contributed by atoms with Crippen LogP contribution in [0.3, 0.4) is 0 Å². The van der Waals surface area contributed by atoms with Crippen LogP contribution in [-0.4, -0.2) is 31.3 Å².